The number of hydrogen-bond donors (Lipinski definition) is 1. The SMILES string of the molecule is Cc1cc(/C=N\NC(=O)c2ccccn2)c(C)n1C(C)C. The monoisotopic (exact) mass is 284 g/mol. The van der Waals surface area contributed by atoms with Crippen molar-refractivity contribution >= 4 is 12.1 Å². The summed E-state index contributed by atoms with van der Waals surface area (Å²) in [4.78, 5) is 15.8. The van der Waals surface area contributed by atoms with Crippen LogP contribution in [-0.4, -0.2) is 21.7 Å². The number of amides is 1. The maximum absolute atomic E-state index is 11.8. The van der Waals surface area contributed by atoms with Crippen LogP contribution in [0.3, 0.4) is 0 Å². The van der Waals surface area contributed by atoms with E-state index in [0.717, 1.165) is 11.3 Å². The normalized spacial score (nSPS) is 11.3. The maximum Gasteiger partial charge on any atom is 0.289 e. The highest BCUT2D eigenvalue weighted by Gasteiger charge is 2.10. The van der Waals surface area contributed by atoms with Gasteiger partial charge < -0.3 is 4.57 Å². The van der Waals surface area contributed by atoms with Crippen molar-refractivity contribution in [3.05, 3.63) is 53.1 Å². The molecule has 2 heterocycles. The molecule has 0 bridgehead atoms. The van der Waals surface area contributed by atoms with Gasteiger partial charge in [0, 0.05) is 29.2 Å². The molecular formula is C16H20N4O. The molecule has 5 nitrogen and oxygen atoms in total. The smallest absolute Gasteiger partial charge is 0.289 e. The molecule has 0 radical (unpaired) electrons. The Balaban J connectivity index is 2.09. The Morgan fingerprint density at radius 3 is 2.71 bits per heavy atom. The van der Waals surface area contributed by atoms with Crippen LogP contribution in [0.5, 0.6) is 0 Å². The summed E-state index contributed by atoms with van der Waals surface area (Å²) in [5.41, 5.74) is 6.16. The Labute approximate surface area is 124 Å². The van der Waals surface area contributed by atoms with Crippen LogP contribution >= 0.6 is 0 Å². The third-order valence-electron chi connectivity index (χ3n) is 3.31. The third-order valence-corrected chi connectivity index (χ3v) is 3.31. The number of nitrogens with zero attached hydrogens (tertiary/aromatic N) is 3. The fourth-order valence-electron chi connectivity index (χ4n) is 2.44. The van der Waals surface area contributed by atoms with E-state index in [4.69, 9.17) is 0 Å². The molecule has 0 unspecified atom stereocenters. The second-order valence-corrected chi connectivity index (χ2v) is 5.20. The second-order valence-electron chi connectivity index (χ2n) is 5.20. The summed E-state index contributed by atoms with van der Waals surface area (Å²) in [6.45, 7) is 8.40. The fourth-order valence-corrected chi connectivity index (χ4v) is 2.44. The van der Waals surface area contributed by atoms with E-state index < -0.39 is 0 Å². The van der Waals surface area contributed by atoms with E-state index >= 15 is 0 Å². The van der Waals surface area contributed by atoms with Crippen molar-refractivity contribution in [3.8, 4) is 0 Å². The molecule has 0 saturated carbocycles. The molecule has 0 spiro atoms. The lowest BCUT2D eigenvalue weighted by Gasteiger charge is -2.13. The summed E-state index contributed by atoms with van der Waals surface area (Å²) >= 11 is 0. The molecule has 0 aliphatic rings. The number of pyridine rings is 1. The topological polar surface area (TPSA) is 59.3 Å². The van der Waals surface area contributed by atoms with Gasteiger partial charge in [0.25, 0.3) is 5.91 Å². The molecule has 2 rings (SSSR count). The minimum Gasteiger partial charge on any atom is -0.346 e. The van der Waals surface area contributed by atoms with Gasteiger partial charge in [-0.1, -0.05) is 6.07 Å². The summed E-state index contributed by atoms with van der Waals surface area (Å²) in [7, 11) is 0. The molecule has 0 fully saturated rings. The summed E-state index contributed by atoms with van der Waals surface area (Å²) in [6, 6.07) is 7.64. The van der Waals surface area contributed by atoms with Crippen LogP contribution in [0.2, 0.25) is 0 Å². The highest BCUT2D eigenvalue weighted by Crippen LogP contribution is 2.18. The van der Waals surface area contributed by atoms with Gasteiger partial charge in [0.15, 0.2) is 0 Å². The highest BCUT2D eigenvalue weighted by molar-refractivity contribution is 5.93. The maximum atomic E-state index is 11.8. The van der Waals surface area contributed by atoms with Gasteiger partial charge in [0.05, 0.1) is 6.21 Å². The third kappa shape index (κ3) is 3.37. The van der Waals surface area contributed by atoms with E-state index in [9.17, 15) is 4.79 Å². The first-order valence-corrected chi connectivity index (χ1v) is 6.93. The number of rotatable bonds is 4. The first-order chi connectivity index (χ1) is 10.0. The predicted molar refractivity (Wildman–Crippen MR) is 83.6 cm³/mol. The highest BCUT2D eigenvalue weighted by atomic mass is 16.2. The lowest BCUT2D eigenvalue weighted by Crippen LogP contribution is -2.18. The Kier molecular flexibility index (Phi) is 4.52. The largest absolute Gasteiger partial charge is 0.346 e. The van der Waals surface area contributed by atoms with Gasteiger partial charge in [-0.15, -0.1) is 0 Å². The van der Waals surface area contributed by atoms with Crippen molar-refractivity contribution < 1.29 is 4.79 Å². The van der Waals surface area contributed by atoms with Crippen LogP contribution in [0.1, 0.15) is 47.3 Å². The van der Waals surface area contributed by atoms with E-state index in [1.165, 1.54) is 5.69 Å². The average molecular weight is 284 g/mol. The minimum absolute atomic E-state index is 0.315. The van der Waals surface area contributed by atoms with Crippen molar-refractivity contribution in [2.75, 3.05) is 0 Å². The zero-order valence-corrected chi connectivity index (χ0v) is 12.8. The molecule has 0 aliphatic carbocycles. The number of nitrogens with one attached hydrogen (secondary N) is 1. The van der Waals surface area contributed by atoms with E-state index in [1.807, 2.05) is 0 Å². The molecule has 0 saturated heterocycles. The van der Waals surface area contributed by atoms with Gasteiger partial charge in [0.1, 0.15) is 5.69 Å². The Morgan fingerprint density at radius 2 is 2.14 bits per heavy atom. The number of aromatic nitrogens is 2. The summed E-state index contributed by atoms with van der Waals surface area (Å²) in [6.07, 6.45) is 3.25. The van der Waals surface area contributed by atoms with E-state index in [0.29, 0.717) is 11.7 Å². The van der Waals surface area contributed by atoms with Crippen LogP contribution < -0.4 is 5.43 Å². The van der Waals surface area contributed by atoms with Gasteiger partial charge in [-0.2, -0.15) is 5.10 Å². The number of aryl methyl sites for hydroxylation is 1. The molecule has 2 aromatic heterocycles. The zero-order valence-electron chi connectivity index (χ0n) is 12.8. The van der Waals surface area contributed by atoms with Crippen LogP contribution in [0, 0.1) is 13.8 Å². The molecule has 0 aliphatic heterocycles. The molecule has 0 atom stereocenters. The van der Waals surface area contributed by atoms with Gasteiger partial charge >= 0.3 is 0 Å². The Morgan fingerprint density at radius 1 is 1.38 bits per heavy atom. The van der Waals surface area contributed by atoms with Crippen molar-refractivity contribution in [1.29, 1.82) is 0 Å². The van der Waals surface area contributed by atoms with Gasteiger partial charge in [-0.05, 0) is 45.9 Å². The first kappa shape index (κ1) is 15.0. The van der Waals surface area contributed by atoms with E-state index in [1.54, 1.807) is 30.6 Å². The zero-order chi connectivity index (χ0) is 15.4. The van der Waals surface area contributed by atoms with Gasteiger partial charge in [-0.25, -0.2) is 5.43 Å². The molecule has 1 amide bonds. The minimum atomic E-state index is -0.315. The number of carbonyl (C=O) groups is 1. The van der Waals surface area contributed by atoms with E-state index in [-0.39, 0.29) is 5.91 Å². The second kappa shape index (κ2) is 6.35. The fraction of sp³-hybridized carbons (Fsp3) is 0.312. The number of hydrazone groups is 1. The number of hydrogen-bond acceptors (Lipinski definition) is 3. The summed E-state index contributed by atoms with van der Waals surface area (Å²) < 4.78 is 2.24. The molecule has 21 heavy (non-hydrogen) atoms. The summed E-state index contributed by atoms with van der Waals surface area (Å²) in [5, 5.41) is 4.01. The molecular weight excluding hydrogens is 264 g/mol. The Bertz CT molecular complexity index is 656. The van der Waals surface area contributed by atoms with Crippen molar-refractivity contribution in [3.63, 3.8) is 0 Å². The average Bonchev–Trinajstić information content (AvgIpc) is 2.74. The lowest BCUT2D eigenvalue weighted by atomic mass is 10.2. The molecule has 0 aromatic carbocycles. The quantitative estimate of drug-likeness (QED) is 0.693. The van der Waals surface area contributed by atoms with Crippen molar-refractivity contribution in [2.45, 2.75) is 33.7 Å². The van der Waals surface area contributed by atoms with Crippen LogP contribution in [0.4, 0.5) is 0 Å². The van der Waals surface area contributed by atoms with Crippen LogP contribution in [0.15, 0.2) is 35.6 Å². The van der Waals surface area contributed by atoms with Crippen LogP contribution in [0.25, 0.3) is 0 Å². The van der Waals surface area contributed by atoms with Crippen molar-refractivity contribution in [2.24, 2.45) is 5.10 Å². The summed E-state index contributed by atoms with van der Waals surface area (Å²) in [5.74, 6) is -0.315. The molecule has 110 valence electrons. The van der Waals surface area contributed by atoms with Gasteiger partial charge in [-0.3, -0.25) is 9.78 Å². The molecule has 5 heteroatoms. The van der Waals surface area contributed by atoms with Crippen LogP contribution in [-0.2, 0) is 0 Å². The standard InChI is InChI=1S/C16H20N4O/c1-11(2)20-12(3)9-14(13(20)4)10-18-19-16(21)15-7-5-6-8-17-15/h5-11H,1-4H3,(H,19,21)/b18-10-. The Hall–Kier alpha value is -2.43. The molecule has 2 aromatic rings. The van der Waals surface area contributed by atoms with Crippen molar-refractivity contribution in [1.82, 2.24) is 15.0 Å². The lowest BCUT2D eigenvalue weighted by molar-refractivity contribution is 0.0950. The predicted octanol–water partition coefficient (Wildman–Crippen LogP) is 2.84. The molecule has 1 N–H and O–H groups in total. The number of carbonyl (C=O) groups excluding carboxylic acids is 1. The van der Waals surface area contributed by atoms with Gasteiger partial charge in [0.2, 0.25) is 0 Å². The first-order valence-electron chi connectivity index (χ1n) is 6.93. The van der Waals surface area contributed by atoms with E-state index in [2.05, 4.69) is 53.8 Å².